The second-order valence-electron chi connectivity index (χ2n) is 4.55. The molecule has 0 aliphatic heterocycles. The third kappa shape index (κ3) is 2.88. The van der Waals surface area contributed by atoms with Crippen LogP contribution in [0.25, 0.3) is 0 Å². The van der Waals surface area contributed by atoms with Gasteiger partial charge in [0.15, 0.2) is 0 Å². The molecule has 0 unspecified atom stereocenters. The fourth-order valence-electron chi connectivity index (χ4n) is 2.38. The largest absolute Gasteiger partial charge is 0.192 e. The topological polar surface area (TPSA) is 23.8 Å². The van der Waals surface area contributed by atoms with Gasteiger partial charge in [-0.3, -0.25) is 0 Å². The van der Waals surface area contributed by atoms with E-state index in [1.54, 1.807) is 12.1 Å². The molecule has 0 radical (unpaired) electrons. The summed E-state index contributed by atoms with van der Waals surface area (Å²) in [7, 11) is 0. The van der Waals surface area contributed by atoms with Gasteiger partial charge in [-0.15, -0.1) is 0 Å². The van der Waals surface area contributed by atoms with Crippen LogP contribution in [0.15, 0.2) is 24.3 Å². The first-order valence-corrected chi connectivity index (χ1v) is 6.31. The molecule has 0 aromatic heterocycles. The fraction of sp³-hybridized carbons (Fsp3) is 0.562. The molecule has 1 aliphatic carbocycles. The van der Waals surface area contributed by atoms with Gasteiger partial charge < -0.3 is 0 Å². The number of nitriles is 1. The van der Waals surface area contributed by atoms with Crippen LogP contribution in [-0.4, -0.2) is 0 Å². The Labute approximate surface area is 110 Å². The van der Waals surface area contributed by atoms with Crippen LogP contribution in [0.5, 0.6) is 0 Å². The second kappa shape index (κ2) is 5.87. The van der Waals surface area contributed by atoms with E-state index in [9.17, 15) is 5.26 Å². The maximum Gasteiger partial charge on any atom is 0.0994 e. The lowest BCUT2D eigenvalue weighted by atomic mass is 9.76. The molecular formula is C16H21N. The summed E-state index contributed by atoms with van der Waals surface area (Å²) in [5, 5.41) is 9.21. The quantitative estimate of drug-likeness (QED) is 0.744. The molecule has 0 heterocycles. The number of nitrogens with zero attached hydrogens (tertiary/aromatic N) is 1. The molecule has 90 valence electrons. The van der Waals surface area contributed by atoms with Crippen molar-refractivity contribution in [1.29, 1.82) is 5.26 Å². The Morgan fingerprint density at radius 1 is 1.35 bits per heavy atom. The number of hydrogen-bond acceptors (Lipinski definition) is 1. The highest BCUT2D eigenvalue weighted by atomic mass is 14.3. The van der Waals surface area contributed by atoms with Gasteiger partial charge in [0.05, 0.1) is 11.6 Å². The summed E-state index contributed by atoms with van der Waals surface area (Å²) in [6.45, 7) is 1.96. The number of hydrogen-bond donors (Lipinski definition) is 0. The molecule has 17 heavy (non-hydrogen) atoms. The summed E-state index contributed by atoms with van der Waals surface area (Å²) in [6.07, 6.45) is -1.16. The summed E-state index contributed by atoms with van der Waals surface area (Å²) in [4.78, 5) is 0. The molecule has 1 nitrogen and oxygen atoms in total. The van der Waals surface area contributed by atoms with E-state index in [2.05, 4.69) is 6.07 Å². The van der Waals surface area contributed by atoms with Crippen molar-refractivity contribution in [1.82, 2.24) is 0 Å². The summed E-state index contributed by atoms with van der Waals surface area (Å²) < 4.78 is 33.2. The smallest absolute Gasteiger partial charge is 0.0994 e. The Hall–Kier alpha value is -1.29. The minimum Gasteiger partial charge on any atom is -0.192 e. The zero-order valence-corrected chi connectivity index (χ0v) is 10.2. The maximum absolute atomic E-state index is 9.21. The molecule has 1 aromatic rings. The molecule has 2 rings (SSSR count). The molecular weight excluding hydrogens is 206 g/mol. The van der Waals surface area contributed by atoms with Crippen molar-refractivity contribution >= 4 is 0 Å². The Balaban J connectivity index is 2.36. The van der Waals surface area contributed by atoms with Crippen LogP contribution in [0.3, 0.4) is 0 Å². The predicted molar refractivity (Wildman–Crippen MR) is 70.8 cm³/mol. The van der Waals surface area contributed by atoms with Gasteiger partial charge in [0.2, 0.25) is 0 Å². The van der Waals surface area contributed by atoms with E-state index < -0.39 is 18.7 Å². The summed E-state index contributed by atoms with van der Waals surface area (Å²) in [5.74, 6) is -0.806. The van der Waals surface area contributed by atoms with Crippen molar-refractivity contribution < 1.29 is 5.48 Å². The van der Waals surface area contributed by atoms with Gasteiger partial charge in [0.25, 0.3) is 0 Å². The first-order valence-electron chi connectivity index (χ1n) is 8.31. The SMILES string of the molecule is [2H]C1([2H])CC(c2ccccc2C#N)CC([2H])([2H])C1CCC. The Bertz CT molecular complexity index is 529. The maximum atomic E-state index is 9.21. The van der Waals surface area contributed by atoms with E-state index in [4.69, 9.17) is 5.48 Å². The minimum atomic E-state index is -1.54. The second-order valence-corrected chi connectivity index (χ2v) is 4.55. The predicted octanol–water partition coefficient (Wildman–Crippen LogP) is 4.63. The normalized spacial score (nSPS) is 33.6. The highest BCUT2D eigenvalue weighted by Gasteiger charge is 2.23. The van der Waals surface area contributed by atoms with Crippen LogP contribution in [0.2, 0.25) is 0 Å². The van der Waals surface area contributed by atoms with Crippen molar-refractivity contribution in [3.63, 3.8) is 0 Å². The van der Waals surface area contributed by atoms with Gasteiger partial charge in [0.1, 0.15) is 0 Å². The molecule has 0 bridgehead atoms. The van der Waals surface area contributed by atoms with Crippen molar-refractivity contribution in [2.75, 3.05) is 0 Å². The zero-order chi connectivity index (χ0) is 15.7. The Kier molecular flexibility index (Phi) is 2.74. The standard InChI is InChI=1S/C16H21N/c1-2-5-13-8-10-14(11-9-13)16-7-4-3-6-15(16)12-17/h3-4,6-7,13-14H,2,5,8-11H2,1H3/i8D2,9D2. The summed E-state index contributed by atoms with van der Waals surface area (Å²) in [6, 6.07) is 9.31. The van der Waals surface area contributed by atoms with Crippen LogP contribution >= 0.6 is 0 Å². The van der Waals surface area contributed by atoms with Crippen molar-refractivity contribution in [3.05, 3.63) is 35.4 Å². The van der Waals surface area contributed by atoms with Gasteiger partial charge in [-0.2, -0.15) is 5.26 Å². The Morgan fingerprint density at radius 2 is 2.06 bits per heavy atom. The average Bonchev–Trinajstić information content (AvgIpc) is 2.42. The van der Waals surface area contributed by atoms with Gasteiger partial charge in [-0.05, 0) is 49.1 Å². The van der Waals surface area contributed by atoms with Crippen molar-refractivity contribution in [2.45, 2.75) is 51.3 Å². The first kappa shape index (κ1) is 7.93. The number of rotatable bonds is 3. The third-order valence-electron chi connectivity index (χ3n) is 3.32. The summed E-state index contributed by atoms with van der Waals surface area (Å²) >= 11 is 0. The molecule has 1 heteroatoms. The van der Waals surface area contributed by atoms with E-state index in [0.29, 0.717) is 12.0 Å². The van der Waals surface area contributed by atoms with Gasteiger partial charge >= 0.3 is 0 Å². The lowest BCUT2D eigenvalue weighted by Gasteiger charge is -2.29. The van der Waals surface area contributed by atoms with Gasteiger partial charge in [-0.25, -0.2) is 0 Å². The van der Waals surface area contributed by atoms with E-state index in [1.807, 2.05) is 19.1 Å². The van der Waals surface area contributed by atoms with Crippen molar-refractivity contribution in [3.8, 4) is 6.07 Å². The number of benzene rings is 1. The Morgan fingerprint density at radius 3 is 2.71 bits per heavy atom. The highest BCUT2D eigenvalue weighted by molar-refractivity contribution is 5.39. The first-order chi connectivity index (χ1) is 9.81. The molecule has 0 saturated heterocycles. The molecule has 1 fully saturated rings. The summed E-state index contributed by atoms with van der Waals surface area (Å²) in [5.41, 5.74) is 1.31. The molecule has 0 spiro atoms. The molecule has 1 aliphatic rings. The van der Waals surface area contributed by atoms with E-state index in [0.717, 1.165) is 12.0 Å². The van der Waals surface area contributed by atoms with Crippen LogP contribution < -0.4 is 0 Å². The molecule has 0 amide bonds. The highest BCUT2D eigenvalue weighted by Crippen LogP contribution is 2.38. The minimum absolute atomic E-state index is 0.237. The lowest BCUT2D eigenvalue weighted by Crippen LogP contribution is -2.14. The van der Waals surface area contributed by atoms with Gasteiger partial charge in [-0.1, -0.05) is 38.0 Å². The fourth-order valence-corrected chi connectivity index (χ4v) is 2.38. The van der Waals surface area contributed by atoms with Crippen molar-refractivity contribution in [2.24, 2.45) is 5.92 Å². The van der Waals surface area contributed by atoms with E-state index in [1.165, 1.54) is 0 Å². The molecule has 1 aromatic carbocycles. The van der Waals surface area contributed by atoms with Crippen LogP contribution in [0.4, 0.5) is 0 Å². The van der Waals surface area contributed by atoms with E-state index >= 15 is 0 Å². The molecule has 0 atom stereocenters. The third-order valence-corrected chi connectivity index (χ3v) is 3.32. The molecule has 1 saturated carbocycles. The molecule has 0 N–H and O–H groups in total. The van der Waals surface area contributed by atoms with E-state index in [-0.39, 0.29) is 18.8 Å². The monoisotopic (exact) mass is 231 g/mol. The van der Waals surface area contributed by atoms with Crippen LogP contribution in [0.1, 0.15) is 67.9 Å². The average molecular weight is 231 g/mol. The zero-order valence-electron chi connectivity index (χ0n) is 14.2. The van der Waals surface area contributed by atoms with Crippen LogP contribution in [0, 0.1) is 17.2 Å². The lowest BCUT2D eigenvalue weighted by molar-refractivity contribution is 0.308. The van der Waals surface area contributed by atoms with Crippen LogP contribution in [-0.2, 0) is 0 Å². The van der Waals surface area contributed by atoms with Gasteiger partial charge in [0, 0.05) is 5.48 Å².